The molecule has 6 nitrogen and oxygen atoms in total. The van der Waals surface area contributed by atoms with Gasteiger partial charge in [-0.2, -0.15) is 17.5 Å². The van der Waals surface area contributed by atoms with E-state index in [9.17, 15) is 26.4 Å². The number of amides is 1. The van der Waals surface area contributed by atoms with E-state index in [-0.39, 0.29) is 16.8 Å². The Morgan fingerprint density at radius 1 is 1.19 bits per heavy atom. The molecule has 1 aromatic carbocycles. The van der Waals surface area contributed by atoms with E-state index in [1.54, 1.807) is 25.8 Å². The minimum Gasteiger partial charge on any atom is -0.341 e. The first-order chi connectivity index (χ1) is 14.8. The van der Waals surface area contributed by atoms with Crippen LogP contribution in [0, 0.1) is 5.92 Å². The van der Waals surface area contributed by atoms with Crippen molar-refractivity contribution in [2.75, 3.05) is 20.1 Å². The first-order valence-electron chi connectivity index (χ1n) is 11.0. The highest BCUT2D eigenvalue weighted by Gasteiger charge is 2.38. The molecule has 10 heteroatoms. The molecule has 1 saturated heterocycles. The third-order valence-electron chi connectivity index (χ3n) is 5.74. The molecule has 0 aliphatic carbocycles. The molecule has 2 rings (SSSR count). The fraction of sp³-hybridized carbons (Fsp3) is 0.682. The number of benzene rings is 1. The quantitative estimate of drug-likeness (QED) is 0.620. The third-order valence-corrected chi connectivity index (χ3v) is 7.86. The second kappa shape index (κ2) is 10.5. The van der Waals surface area contributed by atoms with Crippen molar-refractivity contribution in [2.24, 2.45) is 5.92 Å². The van der Waals surface area contributed by atoms with Gasteiger partial charge in [-0.25, -0.2) is 8.42 Å². The Morgan fingerprint density at radius 3 is 2.25 bits per heavy atom. The summed E-state index contributed by atoms with van der Waals surface area (Å²) in [6.07, 6.45) is -3.06. The lowest BCUT2D eigenvalue weighted by atomic mass is 9.99. The van der Waals surface area contributed by atoms with E-state index in [0.717, 1.165) is 12.1 Å². The molecule has 1 amide bonds. The molecular formula is C22H34F3N3O3S. The van der Waals surface area contributed by atoms with Crippen LogP contribution in [0.5, 0.6) is 0 Å². The molecule has 1 aliphatic heterocycles. The van der Waals surface area contributed by atoms with E-state index in [1.807, 2.05) is 13.8 Å². The molecule has 1 heterocycles. The number of likely N-dealkylation sites (tertiary alicyclic amines) is 1. The molecule has 1 aliphatic rings. The van der Waals surface area contributed by atoms with Gasteiger partial charge in [0.2, 0.25) is 15.9 Å². The number of piperidine rings is 1. The number of alkyl halides is 3. The summed E-state index contributed by atoms with van der Waals surface area (Å²) in [6, 6.07) is 2.74. The van der Waals surface area contributed by atoms with E-state index in [1.165, 1.54) is 10.4 Å². The van der Waals surface area contributed by atoms with E-state index >= 15 is 0 Å². The molecule has 1 atom stereocenters. The molecule has 182 valence electrons. The minimum absolute atomic E-state index is 0.00326. The Bertz CT molecular complexity index is 880. The maximum atomic E-state index is 13.3. The molecule has 1 N–H and O–H groups in total. The van der Waals surface area contributed by atoms with Crippen molar-refractivity contribution < 1.29 is 26.4 Å². The number of likely N-dealkylation sites (N-methyl/N-ethyl adjacent to an activating group) is 1. The SMILES string of the molecule is CN[C@@H](CC(C)C)C(=O)N1CCC(N(C(C)C)S(=O)(=O)c2cccc(C(F)(F)F)c2)CC1. The smallest absolute Gasteiger partial charge is 0.341 e. The predicted octanol–water partition coefficient (Wildman–Crippen LogP) is 3.73. The number of nitrogens with zero attached hydrogens (tertiary/aromatic N) is 2. The van der Waals surface area contributed by atoms with Crippen LogP contribution in [0.3, 0.4) is 0 Å². The van der Waals surface area contributed by atoms with Crippen LogP contribution in [-0.2, 0) is 21.0 Å². The summed E-state index contributed by atoms with van der Waals surface area (Å²) in [5.74, 6) is 0.347. The number of hydrogen-bond acceptors (Lipinski definition) is 4. The number of carbonyl (C=O) groups excluding carboxylic acids is 1. The standard InChI is InChI=1S/C22H34F3N3O3S/c1-15(2)13-20(26-5)21(29)27-11-9-18(10-12-27)28(16(3)4)32(30,31)19-8-6-7-17(14-19)22(23,24)25/h6-8,14-16,18,20,26H,9-13H2,1-5H3/t20-/m0/s1. The van der Waals surface area contributed by atoms with Gasteiger partial charge in [-0.15, -0.1) is 0 Å². The van der Waals surface area contributed by atoms with Gasteiger partial charge < -0.3 is 10.2 Å². The zero-order valence-electron chi connectivity index (χ0n) is 19.3. The van der Waals surface area contributed by atoms with E-state index in [4.69, 9.17) is 0 Å². The van der Waals surface area contributed by atoms with Gasteiger partial charge >= 0.3 is 6.18 Å². The van der Waals surface area contributed by atoms with E-state index in [0.29, 0.717) is 44.3 Å². The highest BCUT2D eigenvalue weighted by molar-refractivity contribution is 7.89. The van der Waals surface area contributed by atoms with Crippen LogP contribution < -0.4 is 5.32 Å². The number of hydrogen-bond donors (Lipinski definition) is 1. The van der Waals surface area contributed by atoms with Crippen molar-refractivity contribution in [3.8, 4) is 0 Å². The second-order valence-electron chi connectivity index (χ2n) is 8.98. The van der Waals surface area contributed by atoms with Gasteiger partial charge in [0, 0.05) is 25.2 Å². The van der Waals surface area contributed by atoms with Gasteiger partial charge in [0.05, 0.1) is 16.5 Å². The molecule has 32 heavy (non-hydrogen) atoms. The lowest BCUT2D eigenvalue weighted by molar-refractivity contribution is -0.137. The normalized spacial score (nSPS) is 17.4. The molecular weight excluding hydrogens is 443 g/mol. The van der Waals surface area contributed by atoms with Gasteiger partial charge in [0.25, 0.3) is 0 Å². The Kier molecular flexibility index (Phi) is 8.75. The molecule has 1 fully saturated rings. The molecule has 0 unspecified atom stereocenters. The van der Waals surface area contributed by atoms with Crippen molar-refractivity contribution in [1.82, 2.24) is 14.5 Å². The molecule has 0 bridgehead atoms. The van der Waals surface area contributed by atoms with Crippen molar-refractivity contribution in [2.45, 2.75) is 76.2 Å². The predicted molar refractivity (Wildman–Crippen MR) is 118 cm³/mol. The first kappa shape index (κ1) is 26.6. The van der Waals surface area contributed by atoms with Gasteiger partial charge in [-0.3, -0.25) is 4.79 Å². The van der Waals surface area contributed by atoms with Crippen LogP contribution in [0.25, 0.3) is 0 Å². The van der Waals surface area contributed by atoms with Crippen molar-refractivity contribution >= 4 is 15.9 Å². The molecule has 0 saturated carbocycles. The monoisotopic (exact) mass is 477 g/mol. The minimum atomic E-state index is -4.63. The van der Waals surface area contributed by atoms with Crippen molar-refractivity contribution in [1.29, 1.82) is 0 Å². The van der Waals surface area contributed by atoms with Gasteiger partial charge in [0.1, 0.15) is 0 Å². The number of halogens is 3. The second-order valence-corrected chi connectivity index (χ2v) is 10.8. The van der Waals surface area contributed by atoms with Gasteiger partial charge in [-0.05, 0) is 64.3 Å². The Labute approximate surface area is 189 Å². The van der Waals surface area contributed by atoms with E-state index < -0.39 is 33.8 Å². The maximum Gasteiger partial charge on any atom is 0.416 e. The number of nitrogens with one attached hydrogen (secondary N) is 1. The lowest BCUT2D eigenvalue weighted by Crippen LogP contribution is -2.54. The zero-order valence-corrected chi connectivity index (χ0v) is 20.1. The zero-order chi connectivity index (χ0) is 24.3. The third kappa shape index (κ3) is 6.23. The number of carbonyl (C=O) groups is 1. The first-order valence-corrected chi connectivity index (χ1v) is 12.4. The Balaban J connectivity index is 2.20. The van der Waals surface area contributed by atoms with Crippen molar-refractivity contribution in [3.05, 3.63) is 29.8 Å². The average Bonchev–Trinajstić information content (AvgIpc) is 2.71. The molecule has 0 aromatic heterocycles. The number of sulfonamides is 1. The summed E-state index contributed by atoms with van der Waals surface area (Å²) >= 11 is 0. The highest BCUT2D eigenvalue weighted by Crippen LogP contribution is 2.33. The fourth-order valence-electron chi connectivity index (χ4n) is 4.22. The van der Waals surface area contributed by atoms with Gasteiger partial charge in [-0.1, -0.05) is 19.9 Å². The molecule has 1 aromatic rings. The topological polar surface area (TPSA) is 69.7 Å². The summed E-state index contributed by atoms with van der Waals surface area (Å²) in [5, 5.41) is 3.06. The fourth-order valence-corrected chi connectivity index (χ4v) is 6.15. The van der Waals surface area contributed by atoms with Crippen LogP contribution >= 0.6 is 0 Å². The van der Waals surface area contributed by atoms with Gasteiger partial charge in [0.15, 0.2) is 0 Å². The summed E-state index contributed by atoms with van der Waals surface area (Å²) < 4.78 is 67.3. The largest absolute Gasteiger partial charge is 0.416 e. The van der Waals surface area contributed by atoms with Crippen LogP contribution in [0.1, 0.15) is 52.5 Å². The Hall–Kier alpha value is -1.65. The van der Waals surface area contributed by atoms with Crippen LogP contribution in [0.4, 0.5) is 13.2 Å². The molecule has 0 spiro atoms. The van der Waals surface area contributed by atoms with Crippen LogP contribution in [0.2, 0.25) is 0 Å². The maximum absolute atomic E-state index is 13.3. The van der Waals surface area contributed by atoms with E-state index in [2.05, 4.69) is 5.32 Å². The summed E-state index contributed by atoms with van der Waals surface area (Å²) in [4.78, 5) is 14.2. The van der Waals surface area contributed by atoms with Crippen LogP contribution in [0.15, 0.2) is 29.2 Å². The highest BCUT2D eigenvalue weighted by atomic mass is 32.2. The molecule has 0 radical (unpaired) electrons. The number of rotatable bonds is 8. The summed E-state index contributed by atoms with van der Waals surface area (Å²) in [7, 11) is -2.39. The van der Waals surface area contributed by atoms with Crippen LogP contribution in [-0.4, -0.2) is 61.8 Å². The average molecular weight is 478 g/mol. The van der Waals surface area contributed by atoms with Crippen molar-refractivity contribution in [3.63, 3.8) is 0 Å². The lowest BCUT2D eigenvalue weighted by Gasteiger charge is -2.40. The Morgan fingerprint density at radius 2 is 1.78 bits per heavy atom. The summed E-state index contributed by atoms with van der Waals surface area (Å²) in [5.41, 5.74) is -0.994. The summed E-state index contributed by atoms with van der Waals surface area (Å²) in [6.45, 7) is 8.32.